The highest BCUT2D eigenvalue weighted by Crippen LogP contribution is 2.30. The zero-order valence-electron chi connectivity index (χ0n) is 19.7. The molecule has 8 heteroatoms. The van der Waals surface area contributed by atoms with E-state index in [1.165, 1.54) is 0 Å². The van der Waals surface area contributed by atoms with Crippen LogP contribution in [0.3, 0.4) is 0 Å². The Morgan fingerprint density at radius 3 is 2.88 bits per heavy atom. The van der Waals surface area contributed by atoms with Gasteiger partial charge >= 0.3 is 0 Å². The van der Waals surface area contributed by atoms with E-state index in [-0.39, 0.29) is 11.9 Å². The highest BCUT2D eigenvalue weighted by Gasteiger charge is 2.29. The zero-order chi connectivity index (χ0) is 23.7. The van der Waals surface area contributed by atoms with Crippen molar-refractivity contribution >= 4 is 22.5 Å². The number of nitrogens with zero attached hydrogens (tertiary/aromatic N) is 5. The van der Waals surface area contributed by atoms with Crippen molar-refractivity contribution in [3.05, 3.63) is 60.7 Å². The number of piperazine rings is 1. The Hall–Kier alpha value is -3.62. The summed E-state index contributed by atoms with van der Waals surface area (Å²) in [5.41, 5.74) is 6.03. The van der Waals surface area contributed by atoms with E-state index in [9.17, 15) is 4.79 Å². The molecule has 8 nitrogen and oxygen atoms in total. The van der Waals surface area contributed by atoms with Crippen LogP contribution in [0.5, 0.6) is 0 Å². The number of fused-ring (bicyclic) bond motifs is 1. The number of pyridine rings is 2. The number of anilines is 1. The molecule has 0 radical (unpaired) electrons. The van der Waals surface area contributed by atoms with Gasteiger partial charge in [0.25, 0.3) is 0 Å². The number of aromatic amines is 1. The minimum absolute atomic E-state index is 0.00179. The number of aryl methyl sites for hydroxylation is 1. The summed E-state index contributed by atoms with van der Waals surface area (Å²) in [4.78, 5) is 34.4. The molecule has 1 unspecified atom stereocenters. The van der Waals surface area contributed by atoms with Crippen molar-refractivity contribution in [1.82, 2.24) is 29.7 Å². The molecule has 1 aliphatic heterocycles. The Morgan fingerprint density at radius 2 is 2.06 bits per heavy atom. The smallest absolute Gasteiger partial charge is 0.243 e. The number of rotatable bonds is 5. The van der Waals surface area contributed by atoms with Crippen molar-refractivity contribution in [1.29, 1.82) is 0 Å². The van der Waals surface area contributed by atoms with E-state index in [4.69, 9.17) is 0 Å². The average Bonchev–Trinajstić information content (AvgIpc) is 3.34. The van der Waals surface area contributed by atoms with Crippen LogP contribution in [0.2, 0.25) is 0 Å². The summed E-state index contributed by atoms with van der Waals surface area (Å²) in [6, 6.07) is 13.8. The van der Waals surface area contributed by atoms with Gasteiger partial charge in [0.05, 0.1) is 40.8 Å². The Bertz CT molecular complexity index is 1330. The van der Waals surface area contributed by atoms with E-state index in [1.807, 2.05) is 50.4 Å². The second-order valence-electron chi connectivity index (χ2n) is 8.80. The normalized spacial score (nSPS) is 17.2. The van der Waals surface area contributed by atoms with Crippen LogP contribution in [0.25, 0.3) is 33.5 Å². The topological polar surface area (TPSA) is 90.0 Å². The first-order valence-electron chi connectivity index (χ1n) is 11.6. The molecule has 0 saturated carbocycles. The zero-order valence-corrected chi connectivity index (χ0v) is 19.7. The Labute approximate surface area is 199 Å². The van der Waals surface area contributed by atoms with Crippen molar-refractivity contribution in [3.8, 4) is 22.6 Å². The van der Waals surface area contributed by atoms with Crippen LogP contribution in [-0.2, 0) is 4.79 Å². The molecular formula is C26H29N7O. The lowest BCUT2D eigenvalue weighted by Crippen LogP contribution is -2.56. The maximum atomic E-state index is 13.0. The lowest BCUT2D eigenvalue weighted by atomic mass is 10.0. The molecule has 1 aliphatic rings. The Kier molecular flexibility index (Phi) is 6.08. The molecule has 1 saturated heterocycles. The van der Waals surface area contributed by atoms with Crippen LogP contribution < -0.4 is 5.32 Å². The number of nitrogens with one attached hydrogen (secondary N) is 2. The molecule has 5 rings (SSSR count). The van der Waals surface area contributed by atoms with Crippen molar-refractivity contribution in [3.63, 3.8) is 0 Å². The predicted molar refractivity (Wildman–Crippen MR) is 134 cm³/mol. The van der Waals surface area contributed by atoms with Gasteiger partial charge in [0, 0.05) is 36.3 Å². The molecule has 1 amide bonds. The number of amides is 1. The first kappa shape index (κ1) is 22.2. The summed E-state index contributed by atoms with van der Waals surface area (Å²) in [5.74, 6) is -0.00179. The SMILES string of the molecule is CCN1CCN(C)C(C(=O)Nc2cnc3ccc(-c4nc[nH]c4-c4cccc(C)n4)cc3c2)C1. The fourth-order valence-corrected chi connectivity index (χ4v) is 4.46. The number of H-pyrrole nitrogens is 1. The highest BCUT2D eigenvalue weighted by atomic mass is 16.2. The minimum Gasteiger partial charge on any atom is -0.343 e. The van der Waals surface area contributed by atoms with Crippen molar-refractivity contribution in [2.45, 2.75) is 19.9 Å². The fraction of sp³-hybridized carbons (Fsp3) is 0.308. The summed E-state index contributed by atoms with van der Waals surface area (Å²) < 4.78 is 0. The number of hydrogen-bond donors (Lipinski definition) is 2. The first-order chi connectivity index (χ1) is 16.5. The summed E-state index contributed by atoms with van der Waals surface area (Å²) in [5, 5.41) is 4.01. The van der Waals surface area contributed by atoms with Crippen LogP contribution in [-0.4, -0.2) is 74.9 Å². The third-order valence-electron chi connectivity index (χ3n) is 6.49. The molecule has 0 aliphatic carbocycles. The fourth-order valence-electron chi connectivity index (χ4n) is 4.46. The molecule has 4 aromatic rings. The Balaban J connectivity index is 1.42. The summed E-state index contributed by atoms with van der Waals surface area (Å²) in [6.45, 7) is 7.66. The second kappa shape index (κ2) is 9.32. The number of hydrogen-bond acceptors (Lipinski definition) is 6. The van der Waals surface area contributed by atoms with Gasteiger partial charge in [0.15, 0.2) is 0 Å². The van der Waals surface area contributed by atoms with Gasteiger partial charge in [0.2, 0.25) is 5.91 Å². The molecule has 0 bridgehead atoms. The molecule has 2 N–H and O–H groups in total. The Morgan fingerprint density at radius 1 is 1.18 bits per heavy atom. The molecule has 174 valence electrons. The molecule has 1 atom stereocenters. The lowest BCUT2D eigenvalue weighted by Gasteiger charge is -2.37. The number of carbonyl (C=O) groups excluding carboxylic acids is 1. The standard InChI is InChI=1S/C26H29N7O/c1-4-33-11-10-32(3)23(15-33)26(34)31-20-13-19-12-18(8-9-21(19)27-14-20)24-25(29-16-28-24)22-7-5-6-17(2)30-22/h5-9,12-14,16,23H,4,10-11,15H2,1-3H3,(H,28,29)(H,31,34). The summed E-state index contributed by atoms with van der Waals surface area (Å²) in [6.07, 6.45) is 3.41. The van der Waals surface area contributed by atoms with E-state index in [2.05, 4.69) is 48.0 Å². The maximum Gasteiger partial charge on any atom is 0.243 e. The maximum absolute atomic E-state index is 13.0. The summed E-state index contributed by atoms with van der Waals surface area (Å²) >= 11 is 0. The van der Waals surface area contributed by atoms with Gasteiger partial charge in [-0.25, -0.2) is 4.98 Å². The van der Waals surface area contributed by atoms with Gasteiger partial charge in [-0.3, -0.25) is 19.7 Å². The van der Waals surface area contributed by atoms with Gasteiger partial charge in [0.1, 0.15) is 6.04 Å². The third kappa shape index (κ3) is 4.42. The molecular weight excluding hydrogens is 426 g/mol. The largest absolute Gasteiger partial charge is 0.343 e. The second-order valence-corrected chi connectivity index (χ2v) is 8.80. The number of carbonyl (C=O) groups is 1. The third-order valence-corrected chi connectivity index (χ3v) is 6.49. The highest BCUT2D eigenvalue weighted by molar-refractivity contribution is 5.97. The molecule has 1 aromatic carbocycles. The van der Waals surface area contributed by atoms with Crippen LogP contribution >= 0.6 is 0 Å². The molecule has 1 fully saturated rings. The average molecular weight is 456 g/mol. The predicted octanol–water partition coefficient (Wildman–Crippen LogP) is 3.57. The van der Waals surface area contributed by atoms with E-state index < -0.39 is 0 Å². The molecule has 4 heterocycles. The van der Waals surface area contributed by atoms with Gasteiger partial charge < -0.3 is 15.2 Å². The van der Waals surface area contributed by atoms with E-state index in [0.29, 0.717) is 5.69 Å². The first-order valence-corrected chi connectivity index (χ1v) is 11.6. The van der Waals surface area contributed by atoms with Gasteiger partial charge in [-0.15, -0.1) is 0 Å². The van der Waals surface area contributed by atoms with Crippen LogP contribution in [0.4, 0.5) is 5.69 Å². The van der Waals surface area contributed by atoms with Gasteiger partial charge in [-0.1, -0.05) is 19.1 Å². The van der Waals surface area contributed by atoms with Crippen LogP contribution in [0.15, 0.2) is 55.0 Å². The van der Waals surface area contributed by atoms with E-state index >= 15 is 0 Å². The number of aromatic nitrogens is 4. The van der Waals surface area contributed by atoms with Crippen molar-refractivity contribution < 1.29 is 4.79 Å². The number of benzene rings is 1. The number of imidazole rings is 1. The number of likely N-dealkylation sites (N-methyl/N-ethyl adjacent to an activating group) is 2. The van der Waals surface area contributed by atoms with Crippen molar-refractivity contribution in [2.24, 2.45) is 0 Å². The molecule has 0 spiro atoms. The van der Waals surface area contributed by atoms with Crippen LogP contribution in [0, 0.1) is 6.92 Å². The van der Waals surface area contributed by atoms with E-state index in [0.717, 1.165) is 65.4 Å². The van der Waals surface area contributed by atoms with Crippen molar-refractivity contribution in [2.75, 3.05) is 38.5 Å². The minimum atomic E-state index is -0.177. The molecule has 34 heavy (non-hydrogen) atoms. The van der Waals surface area contributed by atoms with Crippen LogP contribution in [0.1, 0.15) is 12.6 Å². The van der Waals surface area contributed by atoms with E-state index in [1.54, 1.807) is 12.5 Å². The lowest BCUT2D eigenvalue weighted by molar-refractivity contribution is -0.122. The molecule has 3 aromatic heterocycles. The summed E-state index contributed by atoms with van der Waals surface area (Å²) in [7, 11) is 2.01. The van der Waals surface area contributed by atoms with Gasteiger partial charge in [-0.05, 0) is 50.8 Å². The van der Waals surface area contributed by atoms with Gasteiger partial charge in [-0.2, -0.15) is 0 Å². The monoisotopic (exact) mass is 455 g/mol. The quantitative estimate of drug-likeness (QED) is 0.478.